The Morgan fingerprint density at radius 2 is 1.85 bits per heavy atom. The maximum absolute atomic E-state index is 12.5. The van der Waals surface area contributed by atoms with E-state index < -0.39 is 10.0 Å². The van der Waals surface area contributed by atoms with Crippen LogP contribution in [-0.2, 0) is 22.9 Å². The molecule has 0 saturated heterocycles. The number of nitrogens with zero attached hydrogens (tertiary/aromatic N) is 1. The minimum absolute atomic E-state index is 0.213. The normalized spacial score (nSPS) is 14.1. The molecule has 4 rings (SSSR count). The molecule has 3 aromatic rings. The van der Waals surface area contributed by atoms with Crippen molar-refractivity contribution >= 4 is 20.9 Å². The van der Waals surface area contributed by atoms with Crippen molar-refractivity contribution in [2.24, 2.45) is 0 Å². The molecule has 1 aliphatic carbocycles. The Kier molecular flexibility index (Phi) is 5.09. The van der Waals surface area contributed by atoms with Gasteiger partial charge in [-0.25, -0.2) is 13.1 Å². The Hall–Kier alpha value is -2.44. The van der Waals surface area contributed by atoms with Gasteiger partial charge in [0.25, 0.3) is 0 Å². The number of ether oxygens (including phenoxy) is 1. The first-order chi connectivity index (χ1) is 13.1. The molecule has 0 aliphatic heterocycles. The SMILES string of the molecule is O=S(=O)(NCCOc1ccc2ncccc2c1)c1ccc2c(c1)CCCC2. The van der Waals surface area contributed by atoms with Gasteiger partial charge in [0.05, 0.1) is 10.4 Å². The van der Waals surface area contributed by atoms with Crippen LogP contribution in [0.25, 0.3) is 10.9 Å². The predicted octanol–water partition coefficient (Wildman–Crippen LogP) is 3.47. The molecule has 27 heavy (non-hydrogen) atoms. The minimum atomic E-state index is -3.52. The van der Waals surface area contributed by atoms with Crippen LogP contribution in [0.3, 0.4) is 0 Å². The summed E-state index contributed by atoms with van der Waals surface area (Å²) in [4.78, 5) is 4.60. The lowest BCUT2D eigenvalue weighted by atomic mass is 9.92. The van der Waals surface area contributed by atoms with E-state index in [1.807, 2.05) is 42.5 Å². The fourth-order valence-electron chi connectivity index (χ4n) is 3.45. The molecular weight excluding hydrogens is 360 g/mol. The van der Waals surface area contributed by atoms with Crippen molar-refractivity contribution in [1.82, 2.24) is 9.71 Å². The summed E-state index contributed by atoms with van der Waals surface area (Å²) < 4.78 is 33.4. The molecule has 1 heterocycles. The van der Waals surface area contributed by atoms with Crippen molar-refractivity contribution < 1.29 is 13.2 Å². The smallest absolute Gasteiger partial charge is 0.240 e. The number of rotatable bonds is 6. The number of hydrogen-bond donors (Lipinski definition) is 1. The highest BCUT2D eigenvalue weighted by atomic mass is 32.2. The highest BCUT2D eigenvalue weighted by Gasteiger charge is 2.17. The molecule has 0 amide bonds. The standard InChI is InChI=1S/C21H22N2O3S/c24-27(25,20-9-7-16-4-1-2-5-17(16)15-20)23-12-13-26-19-8-10-21-18(14-19)6-3-11-22-21/h3,6-11,14-15,23H,1-2,4-5,12-13H2. The third-order valence-electron chi connectivity index (χ3n) is 4.87. The van der Waals surface area contributed by atoms with Crippen LogP contribution >= 0.6 is 0 Å². The van der Waals surface area contributed by atoms with Crippen LogP contribution in [0.15, 0.2) is 59.6 Å². The highest BCUT2D eigenvalue weighted by molar-refractivity contribution is 7.89. The summed E-state index contributed by atoms with van der Waals surface area (Å²) in [6, 6.07) is 14.9. The second-order valence-electron chi connectivity index (χ2n) is 6.74. The third-order valence-corrected chi connectivity index (χ3v) is 6.33. The van der Waals surface area contributed by atoms with Gasteiger partial charge in [0.2, 0.25) is 10.0 Å². The van der Waals surface area contributed by atoms with Gasteiger partial charge in [-0.1, -0.05) is 12.1 Å². The molecule has 1 aromatic heterocycles. The molecule has 0 fully saturated rings. The lowest BCUT2D eigenvalue weighted by molar-refractivity contribution is 0.323. The number of aromatic nitrogens is 1. The van der Waals surface area contributed by atoms with Gasteiger partial charge >= 0.3 is 0 Å². The number of pyridine rings is 1. The van der Waals surface area contributed by atoms with E-state index in [4.69, 9.17) is 4.74 Å². The van der Waals surface area contributed by atoms with E-state index in [1.165, 1.54) is 12.0 Å². The molecule has 0 bridgehead atoms. The quantitative estimate of drug-likeness (QED) is 0.663. The van der Waals surface area contributed by atoms with E-state index >= 15 is 0 Å². The van der Waals surface area contributed by atoms with Gasteiger partial charge in [-0.3, -0.25) is 4.98 Å². The van der Waals surface area contributed by atoms with Crippen LogP contribution in [0.1, 0.15) is 24.0 Å². The Morgan fingerprint density at radius 1 is 1.00 bits per heavy atom. The maximum atomic E-state index is 12.5. The molecule has 0 radical (unpaired) electrons. The van der Waals surface area contributed by atoms with Gasteiger partial charge in [-0.15, -0.1) is 0 Å². The average molecular weight is 382 g/mol. The fourth-order valence-corrected chi connectivity index (χ4v) is 4.51. The van der Waals surface area contributed by atoms with Crippen LogP contribution in [0.5, 0.6) is 5.75 Å². The highest BCUT2D eigenvalue weighted by Crippen LogP contribution is 2.24. The number of fused-ring (bicyclic) bond motifs is 2. The van der Waals surface area contributed by atoms with Crippen molar-refractivity contribution in [2.45, 2.75) is 30.6 Å². The van der Waals surface area contributed by atoms with Crippen LogP contribution in [0, 0.1) is 0 Å². The summed E-state index contributed by atoms with van der Waals surface area (Å²) >= 11 is 0. The van der Waals surface area contributed by atoms with Gasteiger partial charge < -0.3 is 4.74 Å². The minimum Gasteiger partial charge on any atom is -0.492 e. The first-order valence-electron chi connectivity index (χ1n) is 9.21. The zero-order valence-electron chi connectivity index (χ0n) is 15.0. The monoisotopic (exact) mass is 382 g/mol. The van der Waals surface area contributed by atoms with Gasteiger partial charge in [-0.05, 0) is 73.2 Å². The first kappa shape index (κ1) is 17.9. The molecular formula is C21H22N2O3S. The Balaban J connectivity index is 1.36. The largest absolute Gasteiger partial charge is 0.492 e. The van der Waals surface area contributed by atoms with Crippen molar-refractivity contribution in [3.63, 3.8) is 0 Å². The first-order valence-corrected chi connectivity index (χ1v) is 10.7. The zero-order chi connectivity index (χ0) is 18.7. The molecule has 0 atom stereocenters. The van der Waals surface area contributed by atoms with Crippen LogP contribution in [0.2, 0.25) is 0 Å². The summed E-state index contributed by atoms with van der Waals surface area (Å²) in [7, 11) is -3.52. The van der Waals surface area contributed by atoms with Gasteiger partial charge in [0.15, 0.2) is 0 Å². The Bertz CT molecular complexity index is 1060. The molecule has 140 valence electrons. The van der Waals surface area contributed by atoms with Crippen molar-refractivity contribution in [3.05, 3.63) is 65.9 Å². The zero-order valence-corrected chi connectivity index (χ0v) is 15.8. The van der Waals surface area contributed by atoms with Gasteiger partial charge in [0, 0.05) is 18.1 Å². The van der Waals surface area contributed by atoms with E-state index in [-0.39, 0.29) is 13.2 Å². The summed E-state index contributed by atoms with van der Waals surface area (Å²) in [6.07, 6.45) is 6.05. The molecule has 5 nitrogen and oxygen atoms in total. The summed E-state index contributed by atoms with van der Waals surface area (Å²) in [6.45, 7) is 0.473. The maximum Gasteiger partial charge on any atom is 0.240 e. The van der Waals surface area contributed by atoms with Crippen LogP contribution in [0.4, 0.5) is 0 Å². The number of aryl methyl sites for hydroxylation is 2. The van der Waals surface area contributed by atoms with E-state index in [0.717, 1.165) is 35.7 Å². The summed E-state index contributed by atoms with van der Waals surface area (Å²) in [5.74, 6) is 0.698. The second-order valence-corrected chi connectivity index (χ2v) is 8.51. The molecule has 6 heteroatoms. The molecule has 1 aliphatic rings. The predicted molar refractivity (Wildman–Crippen MR) is 106 cm³/mol. The second kappa shape index (κ2) is 7.66. The summed E-state index contributed by atoms with van der Waals surface area (Å²) in [5.41, 5.74) is 3.33. The lowest BCUT2D eigenvalue weighted by Gasteiger charge is -2.16. The Morgan fingerprint density at radius 3 is 2.74 bits per heavy atom. The molecule has 2 aromatic carbocycles. The van der Waals surface area contributed by atoms with E-state index in [2.05, 4.69) is 9.71 Å². The lowest BCUT2D eigenvalue weighted by Crippen LogP contribution is -2.28. The average Bonchev–Trinajstić information content (AvgIpc) is 2.71. The van der Waals surface area contributed by atoms with E-state index in [9.17, 15) is 8.42 Å². The molecule has 1 N–H and O–H groups in total. The van der Waals surface area contributed by atoms with Gasteiger partial charge in [0.1, 0.15) is 12.4 Å². The van der Waals surface area contributed by atoms with Gasteiger partial charge in [-0.2, -0.15) is 0 Å². The van der Waals surface area contributed by atoms with Crippen molar-refractivity contribution in [2.75, 3.05) is 13.2 Å². The number of benzene rings is 2. The number of sulfonamides is 1. The topological polar surface area (TPSA) is 68.3 Å². The fraction of sp³-hybridized carbons (Fsp3) is 0.286. The molecule has 0 spiro atoms. The van der Waals surface area contributed by atoms with Crippen LogP contribution in [-0.4, -0.2) is 26.6 Å². The van der Waals surface area contributed by atoms with Crippen LogP contribution < -0.4 is 9.46 Å². The van der Waals surface area contributed by atoms with E-state index in [1.54, 1.807) is 12.3 Å². The third kappa shape index (κ3) is 4.12. The number of hydrogen-bond acceptors (Lipinski definition) is 4. The van der Waals surface area contributed by atoms with Crippen molar-refractivity contribution in [3.8, 4) is 5.75 Å². The van der Waals surface area contributed by atoms with E-state index in [0.29, 0.717) is 10.6 Å². The molecule has 0 saturated carbocycles. The number of nitrogens with one attached hydrogen (secondary N) is 1. The molecule has 0 unspecified atom stereocenters. The van der Waals surface area contributed by atoms with Crippen molar-refractivity contribution in [1.29, 1.82) is 0 Å². The Labute approximate surface area is 159 Å². The summed E-state index contributed by atoms with van der Waals surface area (Å²) in [5, 5.41) is 0.990.